The Hall–Kier alpha value is -2.79. The Morgan fingerprint density at radius 3 is 2.54 bits per heavy atom. The number of carbonyl (C=O) groups excluding carboxylic acids is 2. The van der Waals surface area contributed by atoms with Gasteiger partial charge in [0.1, 0.15) is 5.92 Å². The fraction of sp³-hybridized carbons (Fsp3) is 0.211. The van der Waals surface area contributed by atoms with E-state index in [4.69, 9.17) is 5.73 Å². The molecular formula is C19H19N3O2. The van der Waals surface area contributed by atoms with Gasteiger partial charge in [-0.1, -0.05) is 42.5 Å². The summed E-state index contributed by atoms with van der Waals surface area (Å²) in [5, 5.41) is 5.59. The van der Waals surface area contributed by atoms with Gasteiger partial charge in [-0.15, -0.1) is 0 Å². The molecule has 5 nitrogen and oxygen atoms in total. The van der Waals surface area contributed by atoms with Crippen molar-refractivity contribution in [1.29, 1.82) is 0 Å². The van der Waals surface area contributed by atoms with E-state index in [0.29, 0.717) is 17.9 Å². The topological polar surface area (TPSA) is 75.8 Å². The van der Waals surface area contributed by atoms with E-state index < -0.39 is 5.92 Å². The third kappa shape index (κ3) is 3.12. The number of hydrazone groups is 1. The number of hydrogen-bond acceptors (Lipinski definition) is 4. The van der Waals surface area contributed by atoms with Crippen molar-refractivity contribution in [1.82, 2.24) is 0 Å². The summed E-state index contributed by atoms with van der Waals surface area (Å²) >= 11 is 0. The van der Waals surface area contributed by atoms with Crippen LogP contribution >= 0.6 is 0 Å². The Morgan fingerprint density at radius 2 is 1.83 bits per heavy atom. The largest absolute Gasteiger partial charge is 0.326 e. The summed E-state index contributed by atoms with van der Waals surface area (Å²) in [6, 6.07) is 16.7. The van der Waals surface area contributed by atoms with Gasteiger partial charge in [0.05, 0.1) is 11.4 Å². The molecule has 2 aromatic carbocycles. The number of amides is 1. The molecule has 0 saturated heterocycles. The maximum atomic E-state index is 12.7. The Kier molecular flexibility index (Phi) is 4.53. The normalized spacial score (nSPS) is 17.1. The highest BCUT2D eigenvalue weighted by Crippen LogP contribution is 2.25. The van der Waals surface area contributed by atoms with Crippen LogP contribution in [0.5, 0.6) is 0 Å². The lowest BCUT2D eigenvalue weighted by molar-refractivity contribution is -0.128. The number of para-hydroxylation sites is 1. The number of benzene rings is 2. The van der Waals surface area contributed by atoms with Crippen LogP contribution in [0.2, 0.25) is 0 Å². The van der Waals surface area contributed by atoms with E-state index in [2.05, 4.69) is 5.10 Å². The third-order valence-corrected chi connectivity index (χ3v) is 4.06. The number of carbonyl (C=O) groups is 2. The minimum atomic E-state index is -0.813. The van der Waals surface area contributed by atoms with Gasteiger partial charge in [0, 0.05) is 13.0 Å². The van der Waals surface area contributed by atoms with Gasteiger partial charge in [0.15, 0.2) is 5.78 Å². The lowest BCUT2D eigenvalue weighted by Gasteiger charge is -2.14. The molecule has 0 radical (unpaired) electrons. The predicted octanol–water partition coefficient (Wildman–Crippen LogP) is 2.30. The van der Waals surface area contributed by atoms with Crippen LogP contribution in [0.3, 0.4) is 0 Å². The zero-order valence-electron chi connectivity index (χ0n) is 13.5. The van der Waals surface area contributed by atoms with E-state index in [-0.39, 0.29) is 18.1 Å². The van der Waals surface area contributed by atoms with Crippen LogP contribution in [-0.4, -0.2) is 17.4 Å². The first-order valence-corrected chi connectivity index (χ1v) is 7.85. The maximum absolute atomic E-state index is 12.7. The molecule has 2 N–H and O–H groups in total. The smallest absolute Gasteiger partial charge is 0.263 e. The molecule has 1 aliphatic heterocycles. The number of Topliss-reactive ketones (excluding diaryl/α,β-unsaturated/α-hetero) is 1. The minimum absolute atomic E-state index is 0.145. The summed E-state index contributed by atoms with van der Waals surface area (Å²) in [6.07, 6.45) is 0.194. The van der Waals surface area contributed by atoms with Crippen LogP contribution in [0.15, 0.2) is 59.7 Å². The quantitative estimate of drug-likeness (QED) is 0.859. The summed E-state index contributed by atoms with van der Waals surface area (Å²) in [6.45, 7) is 2.15. The molecule has 1 aliphatic rings. The summed E-state index contributed by atoms with van der Waals surface area (Å²) in [7, 11) is 0. The van der Waals surface area contributed by atoms with Gasteiger partial charge in [0.25, 0.3) is 5.91 Å². The number of hydrogen-bond donors (Lipinski definition) is 1. The van der Waals surface area contributed by atoms with Gasteiger partial charge in [0.2, 0.25) is 0 Å². The molecule has 0 aromatic heterocycles. The first kappa shape index (κ1) is 16.1. The first-order valence-electron chi connectivity index (χ1n) is 7.85. The standard InChI is InChI=1S/C19H19N3O2/c1-13-18(17(23)11-14-6-5-7-15(10-14)12-20)19(24)22(21-13)16-8-3-2-4-9-16/h2-10,18H,11-12,20H2,1H3. The molecule has 1 heterocycles. The highest BCUT2D eigenvalue weighted by molar-refractivity contribution is 6.27. The van der Waals surface area contributed by atoms with Gasteiger partial charge in [-0.05, 0) is 30.2 Å². The lowest BCUT2D eigenvalue weighted by Crippen LogP contribution is -2.33. The molecule has 1 atom stereocenters. The maximum Gasteiger partial charge on any atom is 0.263 e. The molecule has 0 spiro atoms. The van der Waals surface area contributed by atoms with Crippen LogP contribution in [0.25, 0.3) is 0 Å². The molecule has 0 fully saturated rings. The van der Waals surface area contributed by atoms with Gasteiger partial charge < -0.3 is 5.73 Å². The highest BCUT2D eigenvalue weighted by Gasteiger charge is 2.39. The Morgan fingerprint density at radius 1 is 1.12 bits per heavy atom. The Bertz CT molecular complexity index is 799. The number of rotatable bonds is 5. The first-order chi connectivity index (χ1) is 11.6. The Balaban J connectivity index is 1.78. The zero-order valence-corrected chi connectivity index (χ0v) is 13.5. The van der Waals surface area contributed by atoms with Crippen molar-refractivity contribution in [2.45, 2.75) is 19.9 Å². The van der Waals surface area contributed by atoms with E-state index in [1.54, 1.807) is 19.1 Å². The lowest BCUT2D eigenvalue weighted by atomic mass is 9.93. The van der Waals surface area contributed by atoms with Crippen molar-refractivity contribution in [2.75, 3.05) is 5.01 Å². The summed E-state index contributed by atoms with van der Waals surface area (Å²) < 4.78 is 0. The molecule has 24 heavy (non-hydrogen) atoms. The molecule has 1 unspecified atom stereocenters. The SMILES string of the molecule is CC1=NN(c2ccccc2)C(=O)C1C(=O)Cc1cccc(CN)c1. The van der Waals surface area contributed by atoms with E-state index >= 15 is 0 Å². The van der Waals surface area contributed by atoms with Gasteiger partial charge in [-0.2, -0.15) is 10.1 Å². The van der Waals surface area contributed by atoms with E-state index in [9.17, 15) is 9.59 Å². The average molecular weight is 321 g/mol. The molecule has 0 bridgehead atoms. The molecule has 122 valence electrons. The molecular weight excluding hydrogens is 302 g/mol. The monoisotopic (exact) mass is 321 g/mol. The fourth-order valence-corrected chi connectivity index (χ4v) is 2.86. The van der Waals surface area contributed by atoms with E-state index in [1.807, 2.05) is 42.5 Å². The van der Waals surface area contributed by atoms with Crippen molar-refractivity contribution in [3.63, 3.8) is 0 Å². The molecule has 2 aromatic rings. The van der Waals surface area contributed by atoms with E-state index in [1.165, 1.54) is 5.01 Å². The van der Waals surface area contributed by atoms with Crippen molar-refractivity contribution < 1.29 is 9.59 Å². The Labute approximate surface area is 140 Å². The van der Waals surface area contributed by atoms with Gasteiger partial charge in [-0.3, -0.25) is 9.59 Å². The number of anilines is 1. The van der Waals surface area contributed by atoms with Crippen LogP contribution in [0, 0.1) is 5.92 Å². The predicted molar refractivity (Wildman–Crippen MR) is 93.6 cm³/mol. The third-order valence-electron chi connectivity index (χ3n) is 4.06. The summed E-state index contributed by atoms with van der Waals surface area (Å²) in [5.41, 5.74) is 8.66. The van der Waals surface area contributed by atoms with Crippen molar-refractivity contribution in [3.8, 4) is 0 Å². The molecule has 0 saturated carbocycles. The number of ketones is 1. The van der Waals surface area contributed by atoms with Crippen molar-refractivity contribution in [3.05, 3.63) is 65.7 Å². The van der Waals surface area contributed by atoms with Crippen LogP contribution in [0.4, 0.5) is 5.69 Å². The number of nitrogens with zero attached hydrogens (tertiary/aromatic N) is 2. The second-order valence-corrected chi connectivity index (χ2v) is 5.83. The van der Waals surface area contributed by atoms with Crippen LogP contribution in [0.1, 0.15) is 18.1 Å². The molecule has 5 heteroatoms. The van der Waals surface area contributed by atoms with Gasteiger partial charge in [-0.25, -0.2) is 0 Å². The number of nitrogens with two attached hydrogens (primary N) is 1. The molecule has 0 aliphatic carbocycles. The minimum Gasteiger partial charge on any atom is -0.326 e. The second kappa shape index (κ2) is 6.76. The van der Waals surface area contributed by atoms with Crippen LogP contribution in [-0.2, 0) is 22.6 Å². The average Bonchev–Trinajstić information content (AvgIpc) is 2.90. The van der Waals surface area contributed by atoms with E-state index in [0.717, 1.165) is 11.1 Å². The van der Waals surface area contributed by atoms with Crippen molar-refractivity contribution >= 4 is 23.1 Å². The summed E-state index contributed by atoms with van der Waals surface area (Å²) in [5.74, 6) is -1.25. The van der Waals surface area contributed by atoms with Gasteiger partial charge >= 0.3 is 0 Å². The fourth-order valence-electron chi connectivity index (χ4n) is 2.86. The van der Waals surface area contributed by atoms with Crippen molar-refractivity contribution in [2.24, 2.45) is 16.8 Å². The second-order valence-electron chi connectivity index (χ2n) is 5.83. The highest BCUT2D eigenvalue weighted by atomic mass is 16.2. The summed E-state index contributed by atoms with van der Waals surface area (Å²) in [4.78, 5) is 25.3. The zero-order chi connectivity index (χ0) is 17.1. The molecule has 1 amide bonds. The van der Waals surface area contributed by atoms with Crippen LogP contribution < -0.4 is 10.7 Å². The molecule has 3 rings (SSSR count).